The van der Waals surface area contributed by atoms with Gasteiger partial charge in [-0.05, 0) is 18.1 Å². The third kappa shape index (κ3) is 2.68. The molecular weight excluding hydrogens is 232 g/mol. The van der Waals surface area contributed by atoms with Gasteiger partial charge in [0.2, 0.25) is 12.0 Å². The smallest absolute Gasteiger partial charge is 0.258 e. The van der Waals surface area contributed by atoms with Gasteiger partial charge in [-0.2, -0.15) is 0 Å². The van der Waals surface area contributed by atoms with Gasteiger partial charge >= 0.3 is 0 Å². The van der Waals surface area contributed by atoms with Crippen LogP contribution in [0.25, 0.3) is 11.1 Å². The van der Waals surface area contributed by atoms with Crippen molar-refractivity contribution in [3.05, 3.63) is 30.2 Å². The third-order valence-corrected chi connectivity index (χ3v) is 2.48. The number of nitrogens with zero attached hydrogens (tertiary/aromatic N) is 1. The highest BCUT2D eigenvalue weighted by Gasteiger charge is 2.23. The molecule has 0 aliphatic rings. The fourth-order valence-electron chi connectivity index (χ4n) is 1.52. The molecule has 0 fully saturated rings. The summed E-state index contributed by atoms with van der Waals surface area (Å²) in [5.41, 5.74) is 1.19. The summed E-state index contributed by atoms with van der Waals surface area (Å²) in [7, 11) is 0. The number of rotatable bonds is 4. The van der Waals surface area contributed by atoms with Crippen molar-refractivity contribution in [1.82, 2.24) is 10.3 Å². The van der Waals surface area contributed by atoms with Crippen molar-refractivity contribution in [2.75, 3.05) is 6.54 Å². The first kappa shape index (κ1) is 12.6. The van der Waals surface area contributed by atoms with Gasteiger partial charge in [-0.25, -0.2) is 4.98 Å². The van der Waals surface area contributed by atoms with Crippen LogP contribution < -0.4 is 5.32 Å². The van der Waals surface area contributed by atoms with Crippen molar-refractivity contribution in [1.29, 1.82) is 0 Å². The van der Waals surface area contributed by atoms with E-state index >= 15 is 0 Å². The molecule has 0 bridgehead atoms. The number of carbonyl (C=O) groups is 1. The number of carbonyl (C=O) groups excluding carboxylic acids is 1. The zero-order valence-electron chi connectivity index (χ0n) is 10.4. The number of nitrogens with one attached hydrogen (secondary N) is 1. The van der Waals surface area contributed by atoms with Crippen LogP contribution in [0.3, 0.4) is 0 Å². The maximum absolute atomic E-state index is 11.7. The summed E-state index contributed by atoms with van der Waals surface area (Å²) >= 11 is 0. The summed E-state index contributed by atoms with van der Waals surface area (Å²) < 4.78 is 5.34. The molecule has 1 amide bonds. The predicted octanol–water partition coefficient (Wildman–Crippen LogP) is 1.63. The van der Waals surface area contributed by atoms with Gasteiger partial charge in [0.15, 0.2) is 5.58 Å². The summed E-state index contributed by atoms with van der Waals surface area (Å²) in [5, 5.41) is 12.5. The molecule has 1 aromatic carbocycles. The van der Waals surface area contributed by atoms with Crippen LogP contribution in [0.2, 0.25) is 0 Å². The number of aliphatic hydroxyl groups excluding tert-OH is 1. The molecule has 0 aliphatic heterocycles. The topological polar surface area (TPSA) is 75.4 Å². The Balaban J connectivity index is 2.12. The molecule has 96 valence electrons. The van der Waals surface area contributed by atoms with Crippen LogP contribution in [0.4, 0.5) is 0 Å². The van der Waals surface area contributed by atoms with Gasteiger partial charge in [-0.3, -0.25) is 4.79 Å². The predicted molar refractivity (Wildman–Crippen MR) is 66.8 cm³/mol. The third-order valence-electron chi connectivity index (χ3n) is 2.48. The molecule has 5 heteroatoms. The number of amides is 1. The van der Waals surface area contributed by atoms with E-state index in [1.54, 1.807) is 12.1 Å². The Kier molecular flexibility index (Phi) is 3.62. The molecule has 1 unspecified atom stereocenters. The molecule has 2 aromatic rings. The Morgan fingerprint density at radius 1 is 1.44 bits per heavy atom. The Labute approximate surface area is 105 Å². The van der Waals surface area contributed by atoms with Gasteiger partial charge in [-0.15, -0.1) is 0 Å². The molecule has 0 saturated carbocycles. The lowest BCUT2D eigenvalue weighted by Crippen LogP contribution is -2.32. The van der Waals surface area contributed by atoms with Crippen LogP contribution in [0, 0.1) is 5.92 Å². The van der Waals surface area contributed by atoms with Gasteiger partial charge in [0.25, 0.3) is 5.91 Å². The van der Waals surface area contributed by atoms with Gasteiger partial charge in [-0.1, -0.05) is 26.0 Å². The Hall–Kier alpha value is -1.88. The van der Waals surface area contributed by atoms with Gasteiger partial charge in [0.05, 0.1) is 0 Å². The first-order valence-electron chi connectivity index (χ1n) is 5.89. The number of aromatic nitrogens is 1. The molecule has 0 spiro atoms. The van der Waals surface area contributed by atoms with Gasteiger partial charge in [0, 0.05) is 6.54 Å². The second-order valence-corrected chi connectivity index (χ2v) is 4.56. The minimum Gasteiger partial charge on any atom is -0.437 e. The standard InChI is InChI=1S/C13H16N2O3/c1-8(2)7-14-12(17)11(16)13-15-9-5-3-4-6-10(9)18-13/h3-6,8,11,16H,7H2,1-2H3,(H,14,17). The van der Waals surface area contributed by atoms with Crippen molar-refractivity contribution in [3.8, 4) is 0 Å². The molecule has 0 radical (unpaired) electrons. The van der Waals surface area contributed by atoms with Crippen LogP contribution >= 0.6 is 0 Å². The summed E-state index contributed by atoms with van der Waals surface area (Å²) in [5.74, 6) is -0.141. The molecule has 18 heavy (non-hydrogen) atoms. The van der Waals surface area contributed by atoms with Gasteiger partial charge < -0.3 is 14.8 Å². The summed E-state index contributed by atoms with van der Waals surface area (Å²) in [4.78, 5) is 15.7. The number of benzene rings is 1. The zero-order valence-corrected chi connectivity index (χ0v) is 10.4. The summed E-state index contributed by atoms with van der Waals surface area (Å²) in [6, 6.07) is 7.13. The van der Waals surface area contributed by atoms with Crippen molar-refractivity contribution in [2.24, 2.45) is 5.92 Å². The number of hydrogen-bond acceptors (Lipinski definition) is 4. The first-order valence-corrected chi connectivity index (χ1v) is 5.89. The second-order valence-electron chi connectivity index (χ2n) is 4.56. The number of hydrogen-bond donors (Lipinski definition) is 2. The monoisotopic (exact) mass is 248 g/mol. The molecule has 1 aromatic heterocycles. The highest BCUT2D eigenvalue weighted by atomic mass is 16.4. The Morgan fingerprint density at radius 3 is 2.83 bits per heavy atom. The maximum Gasteiger partial charge on any atom is 0.258 e. The van der Waals surface area contributed by atoms with Crippen LogP contribution in [0.1, 0.15) is 25.8 Å². The highest BCUT2D eigenvalue weighted by molar-refractivity contribution is 5.82. The lowest BCUT2D eigenvalue weighted by Gasteiger charge is -2.09. The van der Waals surface area contributed by atoms with Gasteiger partial charge in [0.1, 0.15) is 5.52 Å². The zero-order chi connectivity index (χ0) is 13.1. The van der Waals surface area contributed by atoms with E-state index in [4.69, 9.17) is 4.42 Å². The second kappa shape index (κ2) is 5.18. The van der Waals surface area contributed by atoms with Crippen LogP contribution in [0.5, 0.6) is 0 Å². The SMILES string of the molecule is CC(C)CNC(=O)C(O)c1nc2ccccc2o1. The molecule has 1 atom stereocenters. The largest absolute Gasteiger partial charge is 0.437 e. The number of oxazole rings is 1. The fraction of sp³-hybridized carbons (Fsp3) is 0.385. The summed E-state index contributed by atoms with van der Waals surface area (Å²) in [6.07, 6.45) is -1.36. The molecule has 0 saturated heterocycles. The molecule has 2 rings (SSSR count). The van der Waals surface area contributed by atoms with E-state index in [1.165, 1.54) is 0 Å². The van der Waals surface area contributed by atoms with Crippen molar-refractivity contribution in [3.63, 3.8) is 0 Å². The maximum atomic E-state index is 11.7. The van der Waals surface area contributed by atoms with Crippen LogP contribution in [0.15, 0.2) is 28.7 Å². The molecule has 1 heterocycles. The van der Waals surface area contributed by atoms with Crippen LogP contribution in [-0.4, -0.2) is 22.5 Å². The highest BCUT2D eigenvalue weighted by Crippen LogP contribution is 2.19. The Bertz CT molecular complexity index is 515. The van der Waals surface area contributed by atoms with E-state index < -0.39 is 12.0 Å². The first-order chi connectivity index (χ1) is 8.58. The van der Waals surface area contributed by atoms with Crippen molar-refractivity contribution < 1.29 is 14.3 Å². The van der Waals surface area contributed by atoms with Crippen molar-refractivity contribution >= 4 is 17.0 Å². The summed E-state index contributed by atoms with van der Waals surface area (Å²) in [6.45, 7) is 4.47. The van der Waals surface area contributed by atoms with E-state index in [-0.39, 0.29) is 5.89 Å². The fourth-order valence-corrected chi connectivity index (χ4v) is 1.52. The molecule has 5 nitrogen and oxygen atoms in total. The van der Waals surface area contributed by atoms with Crippen molar-refractivity contribution in [2.45, 2.75) is 20.0 Å². The van der Waals surface area contributed by atoms with E-state index in [9.17, 15) is 9.90 Å². The molecule has 2 N–H and O–H groups in total. The van der Waals surface area contributed by atoms with E-state index in [0.717, 1.165) is 0 Å². The van der Waals surface area contributed by atoms with E-state index in [0.29, 0.717) is 23.6 Å². The molecule has 0 aliphatic carbocycles. The Morgan fingerprint density at radius 2 is 2.17 bits per heavy atom. The lowest BCUT2D eigenvalue weighted by molar-refractivity contribution is -0.130. The lowest BCUT2D eigenvalue weighted by atomic mass is 10.2. The number of aliphatic hydroxyl groups is 1. The number of para-hydroxylation sites is 2. The normalized spacial score (nSPS) is 12.9. The minimum absolute atomic E-state index is 0.0254. The molecular formula is C13H16N2O3. The number of fused-ring (bicyclic) bond motifs is 1. The van der Waals surface area contributed by atoms with E-state index in [2.05, 4.69) is 10.3 Å². The average Bonchev–Trinajstić information content (AvgIpc) is 2.78. The quantitative estimate of drug-likeness (QED) is 0.862. The average molecular weight is 248 g/mol. The minimum atomic E-state index is -1.36. The van der Waals surface area contributed by atoms with E-state index in [1.807, 2.05) is 26.0 Å². The van der Waals surface area contributed by atoms with Crippen LogP contribution in [-0.2, 0) is 4.79 Å².